The second-order valence-electron chi connectivity index (χ2n) is 3.80. The Balaban J connectivity index is 2.37. The number of carbonyl (C=O) groups excluding carboxylic acids is 1. The van der Waals surface area contributed by atoms with Crippen molar-refractivity contribution in [2.24, 2.45) is 0 Å². The molecule has 1 heterocycles. The fourth-order valence-electron chi connectivity index (χ4n) is 1.99. The Morgan fingerprint density at radius 2 is 1.81 bits per heavy atom. The zero-order chi connectivity index (χ0) is 11.5. The molecule has 0 fully saturated rings. The molecule has 2 rings (SSSR count). The maximum Gasteiger partial charge on any atom is 0.210 e. The lowest BCUT2D eigenvalue weighted by Gasteiger charge is -2.26. The van der Waals surface area contributed by atoms with Gasteiger partial charge >= 0.3 is 0 Å². The van der Waals surface area contributed by atoms with Crippen LogP contribution in [0.2, 0.25) is 0 Å². The maximum absolute atomic E-state index is 10.7. The minimum atomic E-state index is 0.652. The van der Waals surface area contributed by atoms with E-state index in [-0.39, 0.29) is 0 Å². The van der Waals surface area contributed by atoms with Crippen LogP contribution >= 0.6 is 0 Å². The van der Waals surface area contributed by atoms with E-state index in [1.165, 1.54) is 5.56 Å². The summed E-state index contributed by atoms with van der Waals surface area (Å²) < 4.78 is 10.5. The van der Waals surface area contributed by atoms with Crippen molar-refractivity contribution in [2.45, 2.75) is 13.0 Å². The summed E-state index contributed by atoms with van der Waals surface area (Å²) in [6, 6.07) is 3.94. The van der Waals surface area contributed by atoms with E-state index >= 15 is 0 Å². The van der Waals surface area contributed by atoms with E-state index in [1.807, 2.05) is 12.1 Å². The first-order valence-electron chi connectivity index (χ1n) is 5.21. The Bertz CT molecular complexity index is 403. The van der Waals surface area contributed by atoms with Crippen molar-refractivity contribution in [3.63, 3.8) is 0 Å². The predicted octanol–water partition coefficient (Wildman–Crippen LogP) is 1.22. The van der Waals surface area contributed by atoms with Crippen molar-refractivity contribution in [1.82, 2.24) is 4.90 Å². The highest BCUT2D eigenvalue weighted by atomic mass is 16.5. The quantitative estimate of drug-likeness (QED) is 0.720. The van der Waals surface area contributed by atoms with Crippen LogP contribution in [0.15, 0.2) is 12.1 Å². The Hall–Kier alpha value is -1.71. The van der Waals surface area contributed by atoms with Crippen molar-refractivity contribution in [3.8, 4) is 11.5 Å². The third-order valence-electron chi connectivity index (χ3n) is 2.90. The first kappa shape index (κ1) is 10.8. The molecule has 86 valence electrons. The third-order valence-corrected chi connectivity index (χ3v) is 2.90. The van der Waals surface area contributed by atoms with Crippen molar-refractivity contribution in [3.05, 3.63) is 23.3 Å². The van der Waals surface area contributed by atoms with Crippen LogP contribution in [-0.2, 0) is 17.8 Å². The molecule has 1 aromatic rings. The highest BCUT2D eigenvalue weighted by molar-refractivity contribution is 5.52. The maximum atomic E-state index is 10.7. The molecule has 0 aromatic heterocycles. The number of fused-ring (bicyclic) bond motifs is 1. The Labute approximate surface area is 94.8 Å². The standard InChI is InChI=1S/C12H15NO3/c1-15-11-5-9-3-4-13(8-14)7-10(9)6-12(11)16-2/h5-6,8H,3-4,7H2,1-2H3. The van der Waals surface area contributed by atoms with E-state index in [2.05, 4.69) is 0 Å². The molecule has 0 saturated carbocycles. The van der Waals surface area contributed by atoms with Gasteiger partial charge in [0, 0.05) is 13.1 Å². The number of benzene rings is 1. The normalized spacial score (nSPS) is 14.2. The molecule has 0 aliphatic carbocycles. The number of nitrogens with zero attached hydrogens (tertiary/aromatic N) is 1. The van der Waals surface area contributed by atoms with Crippen molar-refractivity contribution < 1.29 is 14.3 Å². The van der Waals surface area contributed by atoms with E-state index in [0.29, 0.717) is 12.3 Å². The minimum absolute atomic E-state index is 0.652. The van der Waals surface area contributed by atoms with E-state index in [9.17, 15) is 4.79 Å². The molecule has 0 spiro atoms. The van der Waals surface area contributed by atoms with Crippen LogP contribution in [0.3, 0.4) is 0 Å². The Morgan fingerprint density at radius 3 is 2.38 bits per heavy atom. The van der Waals surface area contributed by atoms with Crippen LogP contribution in [-0.4, -0.2) is 32.1 Å². The largest absolute Gasteiger partial charge is 0.493 e. The van der Waals surface area contributed by atoms with E-state index in [4.69, 9.17) is 9.47 Å². The molecule has 4 nitrogen and oxygen atoms in total. The highest BCUT2D eigenvalue weighted by Crippen LogP contribution is 2.32. The van der Waals surface area contributed by atoms with Crippen LogP contribution in [0.25, 0.3) is 0 Å². The van der Waals surface area contributed by atoms with Crippen LogP contribution in [0.5, 0.6) is 11.5 Å². The molecule has 16 heavy (non-hydrogen) atoms. The van der Waals surface area contributed by atoms with Crippen LogP contribution < -0.4 is 9.47 Å². The number of methoxy groups -OCH3 is 2. The van der Waals surface area contributed by atoms with Gasteiger partial charge in [-0.1, -0.05) is 0 Å². The van der Waals surface area contributed by atoms with Crippen LogP contribution in [0.1, 0.15) is 11.1 Å². The lowest BCUT2D eigenvalue weighted by molar-refractivity contribution is -0.118. The smallest absolute Gasteiger partial charge is 0.210 e. The third kappa shape index (κ3) is 1.83. The molecule has 0 unspecified atom stereocenters. The molecule has 0 atom stereocenters. The summed E-state index contributed by atoms with van der Waals surface area (Å²) in [5.74, 6) is 1.47. The molecule has 1 aromatic carbocycles. The summed E-state index contributed by atoms with van der Waals surface area (Å²) in [5, 5.41) is 0. The molecule has 0 radical (unpaired) electrons. The number of rotatable bonds is 3. The molecule has 4 heteroatoms. The van der Waals surface area contributed by atoms with Gasteiger partial charge in [-0.2, -0.15) is 0 Å². The van der Waals surface area contributed by atoms with Gasteiger partial charge in [-0.15, -0.1) is 0 Å². The second-order valence-corrected chi connectivity index (χ2v) is 3.80. The average Bonchev–Trinajstić information content (AvgIpc) is 2.36. The summed E-state index contributed by atoms with van der Waals surface area (Å²) in [5.41, 5.74) is 2.37. The SMILES string of the molecule is COc1cc2c(cc1OC)CN(C=O)CC2. The Morgan fingerprint density at radius 1 is 1.19 bits per heavy atom. The molecule has 1 amide bonds. The van der Waals surface area contributed by atoms with Gasteiger partial charge in [-0.05, 0) is 29.7 Å². The first-order valence-corrected chi connectivity index (χ1v) is 5.21. The molecular weight excluding hydrogens is 206 g/mol. The van der Waals surface area contributed by atoms with Gasteiger partial charge in [0.1, 0.15) is 0 Å². The Kier molecular flexibility index (Phi) is 2.99. The van der Waals surface area contributed by atoms with Gasteiger partial charge in [0.25, 0.3) is 0 Å². The number of carbonyl (C=O) groups is 1. The zero-order valence-corrected chi connectivity index (χ0v) is 9.53. The zero-order valence-electron chi connectivity index (χ0n) is 9.53. The van der Waals surface area contributed by atoms with Gasteiger partial charge in [-0.25, -0.2) is 0 Å². The predicted molar refractivity (Wildman–Crippen MR) is 59.7 cm³/mol. The summed E-state index contributed by atoms with van der Waals surface area (Å²) in [4.78, 5) is 12.5. The number of amides is 1. The summed E-state index contributed by atoms with van der Waals surface area (Å²) in [6.45, 7) is 1.42. The van der Waals surface area contributed by atoms with Gasteiger partial charge in [0.2, 0.25) is 6.41 Å². The second kappa shape index (κ2) is 4.43. The van der Waals surface area contributed by atoms with Crippen LogP contribution in [0.4, 0.5) is 0 Å². The van der Waals surface area contributed by atoms with E-state index < -0.39 is 0 Å². The first-order chi connectivity index (χ1) is 7.78. The number of ether oxygens (including phenoxy) is 2. The van der Waals surface area contributed by atoms with Gasteiger partial charge in [0.15, 0.2) is 11.5 Å². The number of hydrogen-bond acceptors (Lipinski definition) is 3. The average molecular weight is 221 g/mol. The van der Waals surface area contributed by atoms with Gasteiger partial charge in [0.05, 0.1) is 14.2 Å². The van der Waals surface area contributed by atoms with E-state index in [1.54, 1.807) is 19.1 Å². The molecule has 1 aliphatic rings. The highest BCUT2D eigenvalue weighted by Gasteiger charge is 2.17. The fraction of sp³-hybridized carbons (Fsp3) is 0.417. The van der Waals surface area contributed by atoms with Crippen molar-refractivity contribution >= 4 is 6.41 Å². The topological polar surface area (TPSA) is 38.8 Å². The fourth-order valence-corrected chi connectivity index (χ4v) is 1.99. The summed E-state index contributed by atoms with van der Waals surface area (Å²) in [7, 11) is 3.25. The van der Waals surface area contributed by atoms with Gasteiger partial charge < -0.3 is 14.4 Å². The molecule has 1 aliphatic heterocycles. The van der Waals surface area contributed by atoms with E-state index in [0.717, 1.165) is 30.7 Å². The lowest BCUT2D eigenvalue weighted by atomic mass is 9.99. The van der Waals surface area contributed by atoms with Crippen molar-refractivity contribution in [2.75, 3.05) is 20.8 Å². The molecule has 0 bridgehead atoms. The van der Waals surface area contributed by atoms with Crippen LogP contribution in [0, 0.1) is 0 Å². The summed E-state index contributed by atoms with van der Waals surface area (Å²) in [6.07, 6.45) is 1.76. The lowest BCUT2D eigenvalue weighted by Crippen LogP contribution is -2.29. The molecular formula is C12H15NO3. The minimum Gasteiger partial charge on any atom is -0.493 e. The monoisotopic (exact) mass is 221 g/mol. The number of hydrogen-bond donors (Lipinski definition) is 0. The van der Waals surface area contributed by atoms with Gasteiger partial charge in [-0.3, -0.25) is 4.79 Å². The molecule has 0 saturated heterocycles. The molecule has 0 N–H and O–H groups in total. The summed E-state index contributed by atoms with van der Waals surface area (Å²) >= 11 is 0. The van der Waals surface area contributed by atoms with Crippen molar-refractivity contribution in [1.29, 1.82) is 0 Å².